The minimum atomic E-state index is 0. The van der Waals surface area contributed by atoms with Crippen LogP contribution < -0.4 is 24.8 Å². The first-order chi connectivity index (χ1) is 3.06. The summed E-state index contributed by atoms with van der Waals surface area (Å²) >= 11 is 0. The molecule has 0 aromatic carbocycles. The monoisotopic (exact) mass is 238 g/mol. The Morgan fingerprint density at radius 2 is 1.40 bits per heavy atom. The summed E-state index contributed by atoms with van der Waals surface area (Å²) in [7, 11) is 6.16. The van der Waals surface area contributed by atoms with Crippen molar-refractivity contribution in [3.63, 3.8) is 0 Å². The van der Waals surface area contributed by atoms with Crippen LogP contribution in [0.2, 0.25) is 0 Å². The van der Waals surface area contributed by atoms with E-state index in [1.807, 2.05) is 0 Å². The molecule has 5 heteroatoms. The van der Waals surface area contributed by atoms with Crippen molar-refractivity contribution in [2.45, 2.75) is 0 Å². The van der Waals surface area contributed by atoms with Crippen molar-refractivity contribution >= 4 is 0 Å². The maximum absolute atomic E-state index is 8.39. The number of rotatable bonds is 2. The molecule has 0 spiro atoms. The van der Waals surface area contributed by atoms with Gasteiger partial charge in [0.15, 0.2) is 0 Å². The normalized spacial score (nSPS) is 8.40. The van der Waals surface area contributed by atoms with E-state index < -0.39 is 0 Å². The van der Waals surface area contributed by atoms with Crippen molar-refractivity contribution in [3.8, 4) is 0 Å². The molecule has 0 aliphatic carbocycles. The molecule has 0 rings (SSSR count). The summed E-state index contributed by atoms with van der Waals surface area (Å²) in [5, 5.41) is 8.39. The third kappa shape index (κ3) is 22.9. The molecule has 2 nitrogen and oxygen atoms in total. The minimum Gasteiger partial charge on any atom is -1.00 e. The second-order valence-corrected chi connectivity index (χ2v) is 2.74. The number of likely N-dealkylation sites (N-methyl/N-ethyl adjacent to an activating group) is 1. The van der Waals surface area contributed by atoms with Gasteiger partial charge in [-0.2, -0.15) is 0 Å². The number of aliphatic hydroxyl groups is 1. The Morgan fingerprint density at radius 1 is 1.10 bits per heavy atom. The maximum Gasteiger partial charge on any atom is 0.101 e. The predicted molar refractivity (Wildman–Crippen MR) is 30.0 cm³/mol. The van der Waals surface area contributed by atoms with E-state index in [2.05, 4.69) is 21.1 Å². The van der Waals surface area contributed by atoms with Crippen LogP contribution in [0.1, 0.15) is 0 Å². The topological polar surface area (TPSA) is 20.2 Å². The molecular weight excluding hydrogens is 226 g/mol. The summed E-state index contributed by atoms with van der Waals surface area (Å²) < 4.78 is 0.844. The predicted octanol–water partition coefficient (Wildman–Crippen LogP) is -6.31. The summed E-state index contributed by atoms with van der Waals surface area (Å²) in [6.45, 7) is 1.11. The quantitative estimate of drug-likeness (QED) is 0.376. The van der Waals surface area contributed by atoms with Crippen LogP contribution >= 0.6 is 0 Å². The van der Waals surface area contributed by atoms with Crippen LogP contribution in [0.15, 0.2) is 0 Å². The van der Waals surface area contributed by atoms with Gasteiger partial charge >= 0.3 is 0 Å². The Hall–Kier alpha value is 1.12. The molecular formula is C5H14Cl2NOZn-. The summed E-state index contributed by atoms with van der Waals surface area (Å²) in [6.07, 6.45) is 0. The molecule has 62 valence electrons. The molecule has 0 saturated heterocycles. The summed E-state index contributed by atoms with van der Waals surface area (Å²) in [5.41, 5.74) is 0. The molecule has 0 unspecified atom stereocenters. The molecule has 0 bridgehead atoms. The number of hydrogen-bond donors (Lipinski definition) is 1. The van der Waals surface area contributed by atoms with Crippen molar-refractivity contribution in [2.75, 3.05) is 34.3 Å². The van der Waals surface area contributed by atoms with Crippen LogP contribution in [-0.4, -0.2) is 43.9 Å². The van der Waals surface area contributed by atoms with E-state index in [1.165, 1.54) is 0 Å². The number of halogens is 2. The molecule has 0 aromatic rings. The number of aliphatic hydroxyl groups excluding tert-OH is 1. The first-order valence-corrected chi connectivity index (χ1v) is 2.47. The summed E-state index contributed by atoms with van der Waals surface area (Å²) in [4.78, 5) is 0. The smallest absolute Gasteiger partial charge is 0.101 e. The fourth-order valence-corrected chi connectivity index (χ4v) is 0.300. The average Bonchev–Trinajstić information content (AvgIpc) is 1.30. The van der Waals surface area contributed by atoms with Gasteiger partial charge in [0.2, 0.25) is 0 Å². The van der Waals surface area contributed by atoms with Gasteiger partial charge in [0, 0.05) is 19.5 Å². The first kappa shape index (κ1) is 22.5. The third-order valence-corrected chi connectivity index (χ3v) is 0.771. The van der Waals surface area contributed by atoms with Crippen LogP contribution in [0.3, 0.4) is 0 Å². The molecule has 0 fully saturated rings. The standard InChI is InChI=1S/C5H14NO.2ClH.Zn/c1-6(2,3)4-5-7;;;/h7H,4-5H2,1-3H3;2*1H;/q+1;;;/p-2. The van der Waals surface area contributed by atoms with Gasteiger partial charge in [-0.1, -0.05) is 0 Å². The zero-order valence-electron chi connectivity index (χ0n) is 6.77. The Morgan fingerprint density at radius 3 is 1.40 bits per heavy atom. The molecule has 1 N–H and O–H groups in total. The number of hydrogen-bond acceptors (Lipinski definition) is 1. The van der Waals surface area contributed by atoms with Crippen molar-refractivity contribution in [3.05, 3.63) is 0 Å². The molecule has 0 aromatic heterocycles. The van der Waals surface area contributed by atoms with Crippen LogP contribution in [0.25, 0.3) is 0 Å². The third-order valence-electron chi connectivity index (χ3n) is 0.771. The van der Waals surface area contributed by atoms with E-state index in [1.54, 1.807) is 0 Å². The van der Waals surface area contributed by atoms with Crippen LogP contribution in [0.4, 0.5) is 0 Å². The fourth-order valence-electron chi connectivity index (χ4n) is 0.300. The van der Waals surface area contributed by atoms with Gasteiger partial charge in [-0.25, -0.2) is 0 Å². The molecule has 0 amide bonds. The van der Waals surface area contributed by atoms with Crippen molar-refractivity contribution in [1.82, 2.24) is 0 Å². The van der Waals surface area contributed by atoms with E-state index in [0.29, 0.717) is 0 Å². The van der Waals surface area contributed by atoms with E-state index in [0.717, 1.165) is 11.0 Å². The average molecular weight is 240 g/mol. The van der Waals surface area contributed by atoms with Gasteiger partial charge in [0.1, 0.15) is 6.54 Å². The molecule has 10 heavy (non-hydrogen) atoms. The minimum absolute atomic E-state index is 0. The Balaban J connectivity index is -0.0000000600. The summed E-state index contributed by atoms with van der Waals surface area (Å²) in [6, 6.07) is 0. The van der Waals surface area contributed by atoms with Gasteiger partial charge in [0.05, 0.1) is 27.7 Å². The van der Waals surface area contributed by atoms with Crippen molar-refractivity contribution < 1.29 is 53.9 Å². The van der Waals surface area contributed by atoms with E-state index in [4.69, 9.17) is 5.11 Å². The van der Waals surface area contributed by atoms with Gasteiger partial charge in [0.25, 0.3) is 0 Å². The first-order valence-electron chi connectivity index (χ1n) is 2.47. The Bertz CT molecular complexity index is 58.1. The molecule has 0 atom stereocenters. The second kappa shape index (κ2) is 10.1. The number of quaternary nitrogens is 1. The zero-order chi connectivity index (χ0) is 5.91. The Kier molecular flexibility index (Phi) is 22.7. The molecule has 0 heterocycles. The summed E-state index contributed by atoms with van der Waals surface area (Å²) in [5.74, 6) is 0. The zero-order valence-corrected chi connectivity index (χ0v) is 11.3. The maximum atomic E-state index is 8.39. The SMILES string of the molecule is C[N+](C)(C)CCO.[Cl-].[Cl-].[Zn]. The van der Waals surface area contributed by atoms with E-state index in [-0.39, 0.29) is 50.9 Å². The van der Waals surface area contributed by atoms with Crippen molar-refractivity contribution in [1.29, 1.82) is 0 Å². The largest absolute Gasteiger partial charge is 1.00 e. The number of nitrogens with zero attached hydrogens (tertiary/aromatic N) is 1. The fraction of sp³-hybridized carbons (Fsp3) is 1.00. The molecule has 0 saturated carbocycles. The van der Waals surface area contributed by atoms with Crippen molar-refractivity contribution in [2.24, 2.45) is 0 Å². The molecule has 0 radical (unpaired) electrons. The van der Waals surface area contributed by atoms with Gasteiger partial charge < -0.3 is 34.4 Å². The molecule has 0 aliphatic heterocycles. The molecule has 0 aliphatic rings. The van der Waals surface area contributed by atoms with E-state index in [9.17, 15) is 0 Å². The van der Waals surface area contributed by atoms with Gasteiger partial charge in [-0.05, 0) is 0 Å². The second-order valence-electron chi connectivity index (χ2n) is 2.74. The van der Waals surface area contributed by atoms with Gasteiger partial charge in [-0.15, -0.1) is 0 Å². The van der Waals surface area contributed by atoms with Crippen LogP contribution in [-0.2, 0) is 19.5 Å². The Labute approximate surface area is 88.2 Å². The van der Waals surface area contributed by atoms with Crippen LogP contribution in [0, 0.1) is 0 Å². The van der Waals surface area contributed by atoms with Gasteiger partial charge in [-0.3, -0.25) is 0 Å². The van der Waals surface area contributed by atoms with Crippen LogP contribution in [0.5, 0.6) is 0 Å². The van der Waals surface area contributed by atoms with E-state index >= 15 is 0 Å².